The van der Waals surface area contributed by atoms with Crippen molar-refractivity contribution in [3.63, 3.8) is 0 Å². The standard InChI is InChI=1S/C16H30N2O/c1-12(2)11-15-17-13(3)16(19)18(15)10-6-9-14-7-4-5-8-14/h12-15,17H,4-11H2,1-3H3. The maximum Gasteiger partial charge on any atom is 0.240 e. The summed E-state index contributed by atoms with van der Waals surface area (Å²) in [6, 6.07) is 0.00947. The molecule has 3 nitrogen and oxygen atoms in total. The molecule has 1 heterocycles. The summed E-state index contributed by atoms with van der Waals surface area (Å²) in [5.41, 5.74) is 0. The summed E-state index contributed by atoms with van der Waals surface area (Å²) in [6.45, 7) is 7.40. The van der Waals surface area contributed by atoms with Crippen molar-refractivity contribution in [2.45, 2.75) is 77.9 Å². The summed E-state index contributed by atoms with van der Waals surface area (Å²) >= 11 is 0. The van der Waals surface area contributed by atoms with Crippen molar-refractivity contribution in [2.24, 2.45) is 11.8 Å². The zero-order valence-corrected chi connectivity index (χ0v) is 12.8. The zero-order chi connectivity index (χ0) is 13.8. The molecule has 1 aliphatic carbocycles. The minimum atomic E-state index is 0.00947. The van der Waals surface area contributed by atoms with Crippen molar-refractivity contribution in [1.82, 2.24) is 10.2 Å². The number of hydrogen-bond acceptors (Lipinski definition) is 2. The van der Waals surface area contributed by atoms with Crippen molar-refractivity contribution in [3.05, 3.63) is 0 Å². The lowest BCUT2D eigenvalue weighted by molar-refractivity contribution is -0.130. The Morgan fingerprint density at radius 2 is 2.00 bits per heavy atom. The average molecular weight is 266 g/mol. The molecule has 1 aliphatic heterocycles. The normalized spacial score (nSPS) is 28.8. The van der Waals surface area contributed by atoms with Crippen molar-refractivity contribution in [3.8, 4) is 0 Å². The average Bonchev–Trinajstić information content (AvgIpc) is 2.92. The van der Waals surface area contributed by atoms with E-state index in [2.05, 4.69) is 24.1 Å². The van der Waals surface area contributed by atoms with Crippen molar-refractivity contribution in [2.75, 3.05) is 6.54 Å². The van der Waals surface area contributed by atoms with Crippen LogP contribution in [0.3, 0.4) is 0 Å². The van der Waals surface area contributed by atoms with Gasteiger partial charge in [-0.1, -0.05) is 39.5 Å². The van der Waals surface area contributed by atoms with Crippen LogP contribution in [0.4, 0.5) is 0 Å². The smallest absolute Gasteiger partial charge is 0.240 e. The van der Waals surface area contributed by atoms with E-state index in [0.717, 1.165) is 18.9 Å². The molecule has 1 N–H and O–H groups in total. The first-order valence-electron chi connectivity index (χ1n) is 8.14. The number of nitrogens with zero attached hydrogens (tertiary/aromatic N) is 1. The minimum absolute atomic E-state index is 0.00947. The molecule has 2 rings (SSSR count). The SMILES string of the molecule is CC(C)CC1NC(C)C(=O)N1CCCC1CCCC1. The molecule has 1 saturated carbocycles. The topological polar surface area (TPSA) is 32.3 Å². The highest BCUT2D eigenvalue weighted by Gasteiger charge is 2.35. The molecular weight excluding hydrogens is 236 g/mol. The number of carbonyl (C=O) groups excluding carboxylic acids is 1. The van der Waals surface area contributed by atoms with Crippen molar-refractivity contribution >= 4 is 5.91 Å². The van der Waals surface area contributed by atoms with E-state index >= 15 is 0 Å². The summed E-state index contributed by atoms with van der Waals surface area (Å²) < 4.78 is 0. The lowest BCUT2D eigenvalue weighted by Crippen LogP contribution is -2.39. The van der Waals surface area contributed by atoms with Gasteiger partial charge in [-0.3, -0.25) is 10.1 Å². The minimum Gasteiger partial charge on any atom is -0.326 e. The van der Waals surface area contributed by atoms with Gasteiger partial charge in [-0.25, -0.2) is 0 Å². The number of amides is 1. The van der Waals surface area contributed by atoms with Crippen LogP contribution in [0.2, 0.25) is 0 Å². The molecule has 0 spiro atoms. The number of nitrogens with one attached hydrogen (secondary N) is 1. The molecule has 0 aromatic rings. The fourth-order valence-corrected chi connectivity index (χ4v) is 3.61. The summed E-state index contributed by atoms with van der Waals surface area (Å²) in [5.74, 6) is 1.87. The number of hydrogen-bond donors (Lipinski definition) is 1. The number of carbonyl (C=O) groups is 1. The largest absolute Gasteiger partial charge is 0.326 e. The summed E-state index contributed by atoms with van der Waals surface area (Å²) in [7, 11) is 0. The molecule has 0 aromatic carbocycles. The first-order chi connectivity index (χ1) is 9.08. The summed E-state index contributed by atoms with van der Waals surface area (Å²) in [4.78, 5) is 14.3. The van der Waals surface area contributed by atoms with E-state index < -0.39 is 0 Å². The number of rotatable bonds is 6. The first kappa shape index (κ1) is 14.8. The quantitative estimate of drug-likeness (QED) is 0.801. The predicted octanol–water partition coefficient (Wildman–Crippen LogP) is 3.15. The van der Waals surface area contributed by atoms with E-state index in [-0.39, 0.29) is 12.2 Å². The Kier molecular flexibility index (Phi) is 5.26. The fourth-order valence-electron chi connectivity index (χ4n) is 3.61. The van der Waals surface area contributed by atoms with Crippen LogP contribution < -0.4 is 5.32 Å². The third-order valence-corrected chi connectivity index (χ3v) is 4.65. The fraction of sp³-hybridized carbons (Fsp3) is 0.938. The second-order valence-electron chi connectivity index (χ2n) is 6.86. The van der Waals surface area contributed by atoms with E-state index in [1.807, 2.05) is 6.92 Å². The molecule has 1 amide bonds. The van der Waals surface area contributed by atoms with Gasteiger partial charge in [0, 0.05) is 6.54 Å². The molecule has 110 valence electrons. The zero-order valence-electron chi connectivity index (χ0n) is 12.8. The van der Waals surface area contributed by atoms with Crippen molar-refractivity contribution < 1.29 is 4.79 Å². The van der Waals surface area contributed by atoms with E-state index in [9.17, 15) is 4.79 Å². The van der Waals surface area contributed by atoms with E-state index in [1.165, 1.54) is 38.5 Å². The molecule has 0 aromatic heterocycles. The van der Waals surface area contributed by atoms with E-state index in [1.54, 1.807) is 0 Å². The predicted molar refractivity (Wildman–Crippen MR) is 78.7 cm³/mol. The molecule has 0 radical (unpaired) electrons. The van der Waals surface area contributed by atoms with Gasteiger partial charge < -0.3 is 4.90 Å². The molecule has 2 unspecified atom stereocenters. The van der Waals surface area contributed by atoms with Gasteiger partial charge in [0.15, 0.2) is 0 Å². The Morgan fingerprint density at radius 3 is 2.63 bits per heavy atom. The molecule has 0 bridgehead atoms. The highest BCUT2D eigenvalue weighted by atomic mass is 16.2. The molecule has 1 saturated heterocycles. The monoisotopic (exact) mass is 266 g/mol. The summed E-state index contributed by atoms with van der Waals surface area (Å²) in [6.07, 6.45) is 9.50. The first-order valence-corrected chi connectivity index (χ1v) is 8.14. The molecular formula is C16H30N2O. The Labute approximate surface area is 118 Å². The van der Waals surface area contributed by atoms with Gasteiger partial charge in [0.05, 0.1) is 12.2 Å². The van der Waals surface area contributed by atoms with Crippen LogP contribution in [-0.2, 0) is 4.79 Å². The second-order valence-corrected chi connectivity index (χ2v) is 6.86. The van der Waals surface area contributed by atoms with E-state index in [4.69, 9.17) is 0 Å². The van der Waals surface area contributed by atoms with Crippen LogP contribution in [0.25, 0.3) is 0 Å². The van der Waals surface area contributed by atoms with Crippen LogP contribution in [-0.4, -0.2) is 29.6 Å². The highest BCUT2D eigenvalue weighted by Crippen LogP contribution is 2.29. The van der Waals surface area contributed by atoms with Crippen LogP contribution in [0.1, 0.15) is 65.7 Å². The Balaban J connectivity index is 1.79. The van der Waals surface area contributed by atoms with Crippen LogP contribution in [0.5, 0.6) is 0 Å². The third-order valence-electron chi connectivity index (χ3n) is 4.65. The maximum absolute atomic E-state index is 12.2. The van der Waals surface area contributed by atoms with Gasteiger partial charge in [-0.15, -0.1) is 0 Å². The summed E-state index contributed by atoms with van der Waals surface area (Å²) in [5, 5.41) is 3.44. The van der Waals surface area contributed by atoms with Gasteiger partial charge in [-0.05, 0) is 38.0 Å². The Morgan fingerprint density at radius 1 is 1.32 bits per heavy atom. The van der Waals surface area contributed by atoms with Crippen molar-refractivity contribution in [1.29, 1.82) is 0 Å². The third kappa shape index (κ3) is 3.95. The molecule has 2 atom stereocenters. The van der Waals surface area contributed by atoms with Crippen LogP contribution in [0, 0.1) is 11.8 Å². The van der Waals surface area contributed by atoms with Crippen LogP contribution >= 0.6 is 0 Å². The van der Waals surface area contributed by atoms with Crippen LogP contribution in [0.15, 0.2) is 0 Å². The molecule has 2 aliphatic rings. The Hall–Kier alpha value is -0.570. The maximum atomic E-state index is 12.2. The molecule has 2 fully saturated rings. The molecule has 3 heteroatoms. The Bertz CT molecular complexity index is 297. The molecule has 19 heavy (non-hydrogen) atoms. The lowest BCUT2D eigenvalue weighted by Gasteiger charge is -2.26. The van der Waals surface area contributed by atoms with Gasteiger partial charge in [-0.2, -0.15) is 0 Å². The van der Waals surface area contributed by atoms with Gasteiger partial charge >= 0.3 is 0 Å². The van der Waals surface area contributed by atoms with Gasteiger partial charge in [0.1, 0.15) is 0 Å². The van der Waals surface area contributed by atoms with Gasteiger partial charge in [0.2, 0.25) is 5.91 Å². The van der Waals surface area contributed by atoms with Gasteiger partial charge in [0.25, 0.3) is 0 Å². The second kappa shape index (κ2) is 6.74. The van der Waals surface area contributed by atoms with E-state index in [0.29, 0.717) is 11.8 Å². The highest BCUT2D eigenvalue weighted by molar-refractivity contribution is 5.83. The lowest BCUT2D eigenvalue weighted by atomic mass is 10.0.